The highest BCUT2D eigenvalue weighted by atomic mass is 79.9. The lowest BCUT2D eigenvalue weighted by Gasteiger charge is -2.25. The summed E-state index contributed by atoms with van der Waals surface area (Å²) in [4.78, 5) is 13.0. The molecule has 0 amide bonds. The Morgan fingerprint density at radius 3 is 2.66 bits per heavy atom. The van der Waals surface area contributed by atoms with Crippen LogP contribution in [0.15, 0.2) is 65.1 Å². The van der Waals surface area contributed by atoms with Crippen molar-refractivity contribution in [2.75, 3.05) is 11.9 Å². The second-order valence-electron chi connectivity index (χ2n) is 7.37. The van der Waals surface area contributed by atoms with Crippen molar-refractivity contribution in [2.24, 2.45) is 5.92 Å². The van der Waals surface area contributed by atoms with Crippen LogP contribution in [0.4, 0.5) is 24.5 Å². The number of para-hydroxylation sites is 1. The molecule has 4 nitrogen and oxygen atoms in total. The molecule has 8 heteroatoms. The van der Waals surface area contributed by atoms with E-state index in [1.54, 1.807) is 42.5 Å². The molecule has 3 aromatic rings. The molecule has 1 unspecified atom stereocenters. The molecular weight excluding hydrogens is 485 g/mol. The van der Waals surface area contributed by atoms with Crippen LogP contribution in [0.1, 0.15) is 27.0 Å². The van der Waals surface area contributed by atoms with Gasteiger partial charge in [0, 0.05) is 15.8 Å². The standard InChI is InChI=1S/C24H16BrF3N2O2/c25-17-6-8-22-19(10-17)23(31)16(13-32-22)9-14-3-1-2-4-21(14)30-18-7-5-15(12-29)20(11-18)24(26,27)28/h1-8,10-11,16,30H,9,13H2. The number of fused-ring (bicyclic) bond motifs is 1. The van der Waals surface area contributed by atoms with Gasteiger partial charge < -0.3 is 10.1 Å². The van der Waals surface area contributed by atoms with Crippen LogP contribution in [0.2, 0.25) is 0 Å². The number of nitrogens with zero attached hydrogens (tertiary/aromatic N) is 1. The van der Waals surface area contributed by atoms with Crippen molar-refractivity contribution < 1.29 is 22.7 Å². The normalized spacial score (nSPS) is 15.5. The minimum absolute atomic E-state index is 0.0416. The van der Waals surface area contributed by atoms with Gasteiger partial charge in [0.2, 0.25) is 0 Å². The van der Waals surface area contributed by atoms with Gasteiger partial charge in [0.05, 0.1) is 35.3 Å². The second-order valence-corrected chi connectivity index (χ2v) is 8.28. The van der Waals surface area contributed by atoms with Gasteiger partial charge in [-0.3, -0.25) is 4.79 Å². The fraction of sp³-hybridized carbons (Fsp3) is 0.167. The van der Waals surface area contributed by atoms with Gasteiger partial charge in [0.25, 0.3) is 0 Å². The summed E-state index contributed by atoms with van der Waals surface area (Å²) >= 11 is 3.37. The van der Waals surface area contributed by atoms with Crippen LogP contribution in [-0.2, 0) is 12.6 Å². The van der Waals surface area contributed by atoms with Gasteiger partial charge in [-0.1, -0.05) is 34.1 Å². The number of alkyl halides is 3. The van der Waals surface area contributed by atoms with E-state index in [4.69, 9.17) is 10.00 Å². The summed E-state index contributed by atoms with van der Waals surface area (Å²) in [5.74, 6) is 0.0738. The third-order valence-corrected chi connectivity index (χ3v) is 5.72. The number of ether oxygens (including phenoxy) is 1. The minimum Gasteiger partial charge on any atom is -0.492 e. The molecule has 1 heterocycles. The minimum atomic E-state index is -4.64. The van der Waals surface area contributed by atoms with Crippen molar-refractivity contribution in [3.63, 3.8) is 0 Å². The van der Waals surface area contributed by atoms with E-state index in [-0.39, 0.29) is 18.1 Å². The van der Waals surface area contributed by atoms with Crippen molar-refractivity contribution in [2.45, 2.75) is 12.6 Å². The Hall–Kier alpha value is -3.31. The molecule has 0 saturated heterocycles. The lowest BCUT2D eigenvalue weighted by molar-refractivity contribution is -0.137. The van der Waals surface area contributed by atoms with Crippen molar-refractivity contribution in [1.29, 1.82) is 5.26 Å². The maximum atomic E-state index is 13.3. The van der Waals surface area contributed by atoms with Gasteiger partial charge in [-0.2, -0.15) is 18.4 Å². The fourth-order valence-corrected chi connectivity index (χ4v) is 4.01. The number of hydrogen-bond acceptors (Lipinski definition) is 4. The summed E-state index contributed by atoms with van der Waals surface area (Å²) in [6.45, 7) is 0.219. The molecule has 1 aliphatic heterocycles. The number of rotatable bonds is 4. The Bertz CT molecular complexity index is 1230. The molecule has 0 spiro atoms. The third kappa shape index (κ3) is 4.48. The Morgan fingerprint density at radius 1 is 1.12 bits per heavy atom. The van der Waals surface area contributed by atoms with Crippen LogP contribution in [0, 0.1) is 17.2 Å². The number of carbonyl (C=O) groups excluding carboxylic acids is 1. The Kier molecular flexibility index (Phi) is 5.94. The van der Waals surface area contributed by atoms with Crippen molar-refractivity contribution in [3.05, 3.63) is 87.4 Å². The maximum absolute atomic E-state index is 13.3. The molecular formula is C24H16BrF3N2O2. The zero-order valence-electron chi connectivity index (χ0n) is 16.5. The van der Waals surface area contributed by atoms with E-state index in [0.29, 0.717) is 23.4 Å². The Morgan fingerprint density at radius 2 is 1.91 bits per heavy atom. The molecule has 32 heavy (non-hydrogen) atoms. The number of ketones is 1. The highest BCUT2D eigenvalue weighted by Gasteiger charge is 2.34. The lowest BCUT2D eigenvalue weighted by atomic mass is 9.89. The molecule has 1 atom stereocenters. The maximum Gasteiger partial charge on any atom is 0.417 e. The van der Waals surface area contributed by atoms with Gasteiger partial charge in [0.15, 0.2) is 5.78 Å². The number of carbonyl (C=O) groups is 1. The quantitative estimate of drug-likeness (QED) is 0.443. The lowest BCUT2D eigenvalue weighted by Crippen LogP contribution is -2.29. The Balaban J connectivity index is 1.60. The molecule has 3 aromatic carbocycles. The first-order chi connectivity index (χ1) is 15.3. The molecule has 0 bridgehead atoms. The first-order valence-electron chi connectivity index (χ1n) is 9.69. The topological polar surface area (TPSA) is 62.1 Å². The summed E-state index contributed by atoms with van der Waals surface area (Å²) in [5.41, 5.74) is 0.614. The third-order valence-electron chi connectivity index (χ3n) is 5.23. The Labute approximate surface area is 190 Å². The SMILES string of the molecule is N#Cc1ccc(Nc2ccccc2CC2COc3ccc(Br)cc3C2=O)cc1C(F)(F)F. The van der Waals surface area contributed by atoms with Gasteiger partial charge in [-0.05, 0) is 54.4 Å². The summed E-state index contributed by atoms with van der Waals surface area (Å²) in [6.07, 6.45) is -4.29. The molecule has 1 N–H and O–H groups in total. The highest BCUT2D eigenvalue weighted by molar-refractivity contribution is 9.10. The largest absolute Gasteiger partial charge is 0.492 e. The molecule has 4 rings (SSSR count). The van der Waals surface area contributed by atoms with E-state index >= 15 is 0 Å². The van der Waals surface area contributed by atoms with Crippen LogP contribution in [0.3, 0.4) is 0 Å². The number of halogens is 4. The number of anilines is 2. The zero-order valence-corrected chi connectivity index (χ0v) is 18.1. The second kappa shape index (κ2) is 8.67. The summed E-state index contributed by atoms with van der Waals surface area (Å²) in [5, 5.41) is 12.0. The van der Waals surface area contributed by atoms with E-state index in [1.807, 2.05) is 6.07 Å². The average molecular weight is 501 g/mol. The van der Waals surface area contributed by atoms with E-state index in [0.717, 1.165) is 22.2 Å². The molecule has 0 fully saturated rings. The van der Waals surface area contributed by atoms with E-state index in [9.17, 15) is 18.0 Å². The summed E-state index contributed by atoms with van der Waals surface area (Å²) < 4.78 is 46.4. The molecule has 0 aliphatic carbocycles. The van der Waals surface area contributed by atoms with Crippen LogP contribution < -0.4 is 10.1 Å². The number of Topliss-reactive ketones (excluding diaryl/α,β-unsaturated/α-hetero) is 1. The number of nitriles is 1. The van der Waals surface area contributed by atoms with Gasteiger partial charge >= 0.3 is 6.18 Å². The number of benzene rings is 3. The smallest absolute Gasteiger partial charge is 0.417 e. The van der Waals surface area contributed by atoms with Crippen LogP contribution in [0.5, 0.6) is 5.75 Å². The number of hydrogen-bond donors (Lipinski definition) is 1. The number of nitrogens with one attached hydrogen (secondary N) is 1. The predicted octanol–water partition coefficient (Wildman–Crippen LogP) is 6.52. The van der Waals surface area contributed by atoms with Crippen LogP contribution in [-0.4, -0.2) is 12.4 Å². The first-order valence-corrected chi connectivity index (χ1v) is 10.5. The molecule has 0 radical (unpaired) electrons. The fourth-order valence-electron chi connectivity index (χ4n) is 3.65. The van der Waals surface area contributed by atoms with Crippen molar-refractivity contribution >= 4 is 33.1 Å². The predicted molar refractivity (Wildman–Crippen MR) is 117 cm³/mol. The van der Waals surface area contributed by atoms with Gasteiger partial charge in [-0.25, -0.2) is 0 Å². The monoisotopic (exact) mass is 500 g/mol. The average Bonchev–Trinajstić information content (AvgIpc) is 2.76. The van der Waals surface area contributed by atoms with Gasteiger partial charge in [-0.15, -0.1) is 0 Å². The van der Waals surface area contributed by atoms with E-state index < -0.39 is 23.2 Å². The molecule has 162 valence electrons. The van der Waals surface area contributed by atoms with Crippen LogP contribution in [0.25, 0.3) is 0 Å². The molecule has 1 aliphatic rings. The summed E-state index contributed by atoms with van der Waals surface area (Å²) in [7, 11) is 0. The first kappa shape index (κ1) is 21.9. The van der Waals surface area contributed by atoms with Gasteiger partial charge in [0.1, 0.15) is 5.75 Å². The van der Waals surface area contributed by atoms with E-state index in [2.05, 4.69) is 21.2 Å². The highest BCUT2D eigenvalue weighted by Crippen LogP contribution is 2.36. The zero-order chi connectivity index (χ0) is 22.9. The van der Waals surface area contributed by atoms with Crippen molar-refractivity contribution in [1.82, 2.24) is 0 Å². The van der Waals surface area contributed by atoms with E-state index in [1.165, 1.54) is 6.07 Å². The molecule has 0 saturated carbocycles. The molecule has 0 aromatic heterocycles. The van der Waals surface area contributed by atoms with Crippen molar-refractivity contribution in [3.8, 4) is 11.8 Å². The van der Waals surface area contributed by atoms with Crippen LogP contribution >= 0.6 is 15.9 Å². The summed E-state index contributed by atoms with van der Waals surface area (Å²) in [6, 6.07) is 17.4.